The van der Waals surface area contributed by atoms with E-state index in [4.69, 9.17) is 5.14 Å². The Balaban J connectivity index is 1.34. The van der Waals surface area contributed by atoms with E-state index in [1.165, 1.54) is 53.1 Å². The van der Waals surface area contributed by atoms with Crippen molar-refractivity contribution < 1.29 is 27.7 Å². The number of nitrogens with zero attached hydrogens (tertiary/aromatic N) is 4. The first-order valence-electron chi connectivity index (χ1n) is 12.8. The minimum absolute atomic E-state index is 0.135. The molecular weight excluding hydrogens is 633 g/mol. The Hall–Kier alpha value is -4.71. The number of thiazole rings is 1. The zero-order valence-electron chi connectivity index (χ0n) is 22.2. The summed E-state index contributed by atoms with van der Waals surface area (Å²) in [6.07, 6.45) is 3.11. The first kappa shape index (κ1) is 29.4. The number of rotatable bonds is 7. The third kappa shape index (κ3) is 5.19. The molecule has 2 aliphatic rings. The van der Waals surface area contributed by atoms with Gasteiger partial charge in [-0.15, -0.1) is 0 Å². The summed E-state index contributed by atoms with van der Waals surface area (Å²) < 4.78 is 24.3. The van der Waals surface area contributed by atoms with Crippen molar-refractivity contribution in [2.24, 2.45) is 11.1 Å². The highest BCUT2D eigenvalue weighted by Crippen LogP contribution is 2.53. The molecule has 0 radical (unpaired) electrons. The first-order valence-corrected chi connectivity index (χ1v) is 16.0. The Bertz CT molecular complexity index is 1990. The predicted molar refractivity (Wildman–Crippen MR) is 160 cm³/mol. The number of sulfonamides is 1. The second kappa shape index (κ2) is 11.1. The largest absolute Gasteiger partial charge is 0.325 e. The van der Waals surface area contributed by atoms with Crippen LogP contribution in [-0.2, 0) is 31.0 Å². The van der Waals surface area contributed by atoms with Crippen molar-refractivity contribution in [2.45, 2.75) is 27.6 Å². The molecule has 4 heterocycles. The van der Waals surface area contributed by atoms with E-state index >= 15 is 0 Å². The molecule has 0 saturated carbocycles. The highest BCUT2D eigenvalue weighted by atomic mass is 32.2. The Labute approximate surface area is 256 Å². The lowest BCUT2D eigenvalue weighted by molar-refractivity contribution is -0.384. The van der Waals surface area contributed by atoms with E-state index in [2.05, 4.69) is 10.3 Å². The van der Waals surface area contributed by atoms with Crippen molar-refractivity contribution in [3.8, 4) is 0 Å². The molecule has 1 fully saturated rings. The summed E-state index contributed by atoms with van der Waals surface area (Å²) in [4.78, 5) is 69.5. The van der Waals surface area contributed by atoms with Gasteiger partial charge < -0.3 is 5.32 Å². The van der Waals surface area contributed by atoms with E-state index in [-0.39, 0.29) is 22.0 Å². The SMILES string of the molecule is NS(=O)(=O)c1ccc(NC(=O)Cn2c3c(sc2=O)C(c2cccnc2)C2C(=O)N(c4ccc([N+](=O)[O-])cc4)C(=O)C2S3)cc1. The molecule has 17 heteroatoms. The summed E-state index contributed by atoms with van der Waals surface area (Å²) in [5.74, 6) is -3.29. The van der Waals surface area contributed by atoms with Crippen LogP contribution in [0.1, 0.15) is 16.4 Å². The van der Waals surface area contributed by atoms with Crippen molar-refractivity contribution in [3.63, 3.8) is 0 Å². The molecular formula is C27H20N6O8S3. The number of carbonyl (C=O) groups is 3. The van der Waals surface area contributed by atoms with Gasteiger partial charge in [0.15, 0.2) is 0 Å². The number of nitrogens with one attached hydrogen (secondary N) is 1. The minimum atomic E-state index is -3.92. The maximum absolute atomic E-state index is 13.9. The smallest absolute Gasteiger partial charge is 0.308 e. The lowest BCUT2D eigenvalue weighted by Crippen LogP contribution is -2.33. The number of pyridine rings is 1. The molecule has 44 heavy (non-hydrogen) atoms. The summed E-state index contributed by atoms with van der Waals surface area (Å²) in [7, 11) is -3.92. The fourth-order valence-electron chi connectivity index (χ4n) is 5.22. The molecule has 6 rings (SSSR count). The standard InChI is InChI=1S/C27H20N6O8S3/c28-44(40,41)18-9-3-15(4-10-18)30-19(34)13-31-26-23(43-27(31)37)20(14-2-1-11-29-12-14)21-22(42-26)25(36)32(24(21)35)16-5-7-17(8-6-16)33(38)39/h1-12,20-22H,13H2,(H,30,34)(H2,28,40,41). The lowest BCUT2D eigenvalue weighted by atomic mass is 9.84. The van der Waals surface area contributed by atoms with Crippen LogP contribution in [0.4, 0.5) is 17.1 Å². The van der Waals surface area contributed by atoms with Gasteiger partial charge in [0.2, 0.25) is 27.7 Å². The zero-order chi connectivity index (χ0) is 31.3. The number of aromatic nitrogens is 2. The molecule has 3 atom stereocenters. The molecule has 0 bridgehead atoms. The van der Waals surface area contributed by atoms with Crippen LogP contribution in [-0.4, -0.2) is 45.9 Å². The summed E-state index contributed by atoms with van der Waals surface area (Å²) >= 11 is 1.89. The van der Waals surface area contributed by atoms with Gasteiger partial charge in [0.25, 0.3) is 5.69 Å². The summed E-state index contributed by atoms with van der Waals surface area (Å²) in [5, 5.41) is 18.3. The van der Waals surface area contributed by atoms with E-state index in [1.54, 1.807) is 24.5 Å². The van der Waals surface area contributed by atoms with Gasteiger partial charge in [-0.3, -0.25) is 38.8 Å². The summed E-state index contributed by atoms with van der Waals surface area (Å²) in [5.41, 5.74) is 0.858. The van der Waals surface area contributed by atoms with Crippen molar-refractivity contribution >= 4 is 67.9 Å². The molecule has 2 aromatic carbocycles. The van der Waals surface area contributed by atoms with Crippen molar-refractivity contribution in [3.05, 3.63) is 103 Å². The van der Waals surface area contributed by atoms with E-state index < -0.39 is 61.2 Å². The number of primary sulfonamides is 1. The molecule has 14 nitrogen and oxygen atoms in total. The third-order valence-corrected chi connectivity index (χ3v) is 10.7. The number of nitro benzene ring substituents is 1. The molecule has 2 aliphatic heterocycles. The van der Waals surface area contributed by atoms with Crippen molar-refractivity contribution in [1.82, 2.24) is 9.55 Å². The number of hydrogen-bond acceptors (Lipinski definition) is 11. The topological polar surface area (TPSA) is 205 Å². The van der Waals surface area contributed by atoms with E-state index in [1.807, 2.05) is 0 Å². The van der Waals surface area contributed by atoms with E-state index in [0.29, 0.717) is 15.5 Å². The molecule has 0 spiro atoms. The molecule has 3 unspecified atom stereocenters. The van der Waals surface area contributed by atoms with Crippen LogP contribution in [0, 0.1) is 16.0 Å². The van der Waals surface area contributed by atoms with Gasteiger partial charge in [-0.05, 0) is 48.0 Å². The Kier molecular flexibility index (Phi) is 7.40. The lowest BCUT2D eigenvalue weighted by Gasteiger charge is -2.30. The second-order valence-electron chi connectivity index (χ2n) is 9.85. The van der Waals surface area contributed by atoms with Crippen LogP contribution in [0.3, 0.4) is 0 Å². The fraction of sp³-hybridized carbons (Fsp3) is 0.148. The molecule has 224 valence electrons. The van der Waals surface area contributed by atoms with Crippen LogP contribution in [0.5, 0.6) is 0 Å². The quantitative estimate of drug-likeness (QED) is 0.169. The van der Waals surface area contributed by atoms with Gasteiger partial charge in [0, 0.05) is 41.0 Å². The number of thioether (sulfide) groups is 1. The zero-order valence-corrected chi connectivity index (χ0v) is 24.7. The number of nitrogens with two attached hydrogens (primary N) is 1. The normalized spacial score (nSPS) is 19.4. The number of hydrogen-bond donors (Lipinski definition) is 2. The molecule has 4 aromatic rings. The number of anilines is 2. The monoisotopic (exact) mass is 652 g/mol. The fourth-order valence-corrected chi connectivity index (χ4v) is 8.51. The number of amides is 3. The number of non-ortho nitro benzene ring substituents is 1. The van der Waals surface area contributed by atoms with Crippen LogP contribution >= 0.6 is 23.1 Å². The maximum atomic E-state index is 13.9. The highest BCUT2D eigenvalue weighted by Gasteiger charge is 2.57. The number of imide groups is 1. The average molecular weight is 653 g/mol. The Morgan fingerprint density at radius 2 is 1.75 bits per heavy atom. The van der Waals surface area contributed by atoms with Gasteiger partial charge >= 0.3 is 4.87 Å². The Morgan fingerprint density at radius 3 is 2.36 bits per heavy atom. The summed E-state index contributed by atoms with van der Waals surface area (Å²) in [6, 6.07) is 13.7. The van der Waals surface area contributed by atoms with Crippen LogP contribution in [0.2, 0.25) is 0 Å². The van der Waals surface area contributed by atoms with Gasteiger partial charge in [0.1, 0.15) is 11.8 Å². The number of carbonyl (C=O) groups excluding carboxylic acids is 3. The van der Waals surface area contributed by atoms with E-state index in [0.717, 1.165) is 28.0 Å². The Morgan fingerprint density at radius 1 is 1.05 bits per heavy atom. The van der Waals surface area contributed by atoms with Gasteiger partial charge in [0.05, 0.1) is 26.5 Å². The number of benzene rings is 2. The molecule has 2 aromatic heterocycles. The molecule has 0 aliphatic carbocycles. The summed E-state index contributed by atoms with van der Waals surface area (Å²) in [6.45, 7) is -0.417. The minimum Gasteiger partial charge on any atom is -0.325 e. The van der Waals surface area contributed by atoms with Crippen LogP contribution < -0.4 is 20.2 Å². The predicted octanol–water partition coefficient (Wildman–Crippen LogP) is 2.29. The number of nitro groups is 1. The van der Waals surface area contributed by atoms with Crippen LogP contribution in [0.25, 0.3) is 0 Å². The molecule has 1 saturated heterocycles. The van der Waals surface area contributed by atoms with Gasteiger partial charge in [-0.25, -0.2) is 18.5 Å². The second-order valence-corrected chi connectivity index (χ2v) is 13.5. The van der Waals surface area contributed by atoms with Crippen molar-refractivity contribution in [1.29, 1.82) is 0 Å². The van der Waals surface area contributed by atoms with Crippen molar-refractivity contribution in [2.75, 3.05) is 10.2 Å². The first-order chi connectivity index (χ1) is 20.9. The van der Waals surface area contributed by atoms with Gasteiger partial charge in [-0.1, -0.05) is 29.2 Å². The third-order valence-electron chi connectivity index (χ3n) is 7.18. The average Bonchev–Trinajstić information content (AvgIpc) is 3.43. The molecule has 3 amide bonds. The number of fused-ring (bicyclic) bond motifs is 2. The molecule has 3 N–H and O–H groups in total. The van der Waals surface area contributed by atoms with E-state index in [9.17, 15) is 37.7 Å². The maximum Gasteiger partial charge on any atom is 0.308 e. The van der Waals surface area contributed by atoms with Gasteiger partial charge in [-0.2, -0.15) is 0 Å². The van der Waals surface area contributed by atoms with Crippen LogP contribution in [0.15, 0.2) is 87.8 Å². The highest BCUT2D eigenvalue weighted by molar-refractivity contribution is 8.00.